The molecule has 35 heavy (non-hydrogen) atoms. The van der Waals surface area contributed by atoms with Crippen molar-refractivity contribution in [1.82, 2.24) is 4.98 Å². The van der Waals surface area contributed by atoms with Gasteiger partial charge in [-0.05, 0) is 54.2 Å². The van der Waals surface area contributed by atoms with E-state index in [2.05, 4.69) is 32.9 Å². The van der Waals surface area contributed by atoms with Gasteiger partial charge in [0.05, 0.1) is 17.8 Å². The Morgan fingerprint density at radius 1 is 1.00 bits per heavy atom. The molecule has 0 amide bonds. The van der Waals surface area contributed by atoms with Crippen LogP contribution >= 0.6 is 0 Å². The highest BCUT2D eigenvalue weighted by Crippen LogP contribution is 2.39. The Balaban J connectivity index is 1.97. The van der Waals surface area contributed by atoms with Crippen LogP contribution in [0.15, 0.2) is 66.7 Å². The number of ether oxygens (including phenoxy) is 2. The van der Waals surface area contributed by atoms with Gasteiger partial charge in [-0.1, -0.05) is 69.3 Å². The fourth-order valence-electron chi connectivity index (χ4n) is 4.07. The molecule has 3 aromatic carbocycles. The number of aryl methyl sites for hydroxylation is 1. The highest BCUT2D eigenvalue weighted by Gasteiger charge is 2.26. The number of halogens is 1. The van der Waals surface area contributed by atoms with Gasteiger partial charge in [0.15, 0.2) is 0 Å². The topological polar surface area (TPSA) is 48.4 Å². The van der Waals surface area contributed by atoms with E-state index in [0.29, 0.717) is 16.6 Å². The minimum absolute atomic E-state index is 0.0223. The number of carbonyl (C=O) groups excluding carboxylic acids is 1. The van der Waals surface area contributed by atoms with E-state index in [4.69, 9.17) is 14.5 Å². The number of aromatic nitrogens is 1. The van der Waals surface area contributed by atoms with E-state index in [1.54, 1.807) is 13.0 Å². The Morgan fingerprint density at radius 2 is 1.74 bits per heavy atom. The van der Waals surface area contributed by atoms with Crippen molar-refractivity contribution >= 4 is 16.9 Å². The van der Waals surface area contributed by atoms with Crippen molar-refractivity contribution in [1.29, 1.82) is 0 Å². The van der Waals surface area contributed by atoms with Crippen molar-refractivity contribution < 1.29 is 18.7 Å². The third-order valence-corrected chi connectivity index (χ3v) is 5.95. The van der Waals surface area contributed by atoms with E-state index in [-0.39, 0.29) is 29.9 Å². The summed E-state index contributed by atoms with van der Waals surface area (Å²) in [6.07, 6.45) is 0. The lowest BCUT2D eigenvalue weighted by Crippen LogP contribution is -2.13. The molecule has 4 aromatic rings. The van der Waals surface area contributed by atoms with Gasteiger partial charge in [-0.2, -0.15) is 0 Å². The quantitative estimate of drug-likeness (QED) is 0.275. The normalized spacial score (nSPS) is 11.5. The van der Waals surface area contributed by atoms with Crippen LogP contribution in [0.3, 0.4) is 0 Å². The van der Waals surface area contributed by atoms with Crippen LogP contribution in [0.5, 0.6) is 5.75 Å². The van der Waals surface area contributed by atoms with Gasteiger partial charge in [0.1, 0.15) is 23.7 Å². The molecule has 0 aliphatic rings. The number of pyridine rings is 1. The number of fused-ring (bicyclic) bond motifs is 1. The molecule has 0 aliphatic heterocycles. The van der Waals surface area contributed by atoms with Gasteiger partial charge >= 0.3 is 5.97 Å². The van der Waals surface area contributed by atoms with Crippen molar-refractivity contribution in [2.75, 3.05) is 6.61 Å². The number of esters is 1. The minimum Gasteiger partial charge on any atom is -0.487 e. The lowest BCUT2D eigenvalue weighted by molar-refractivity contribution is 0.0522. The summed E-state index contributed by atoms with van der Waals surface area (Å²) >= 11 is 0. The molecule has 0 aliphatic carbocycles. The van der Waals surface area contributed by atoms with E-state index < -0.39 is 11.8 Å². The third kappa shape index (κ3) is 5.19. The van der Waals surface area contributed by atoms with E-state index in [9.17, 15) is 9.18 Å². The molecule has 0 N–H and O–H groups in total. The predicted octanol–water partition coefficient (Wildman–Crippen LogP) is 7.40. The van der Waals surface area contributed by atoms with E-state index >= 15 is 0 Å². The summed E-state index contributed by atoms with van der Waals surface area (Å²) in [6.45, 7) is 10.6. The predicted molar refractivity (Wildman–Crippen MR) is 137 cm³/mol. The Morgan fingerprint density at radius 3 is 2.40 bits per heavy atom. The zero-order chi connectivity index (χ0) is 25.2. The third-order valence-electron chi connectivity index (χ3n) is 5.95. The first-order valence-corrected chi connectivity index (χ1v) is 11.8. The zero-order valence-corrected chi connectivity index (χ0v) is 20.8. The van der Waals surface area contributed by atoms with Gasteiger partial charge in [0.2, 0.25) is 0 Å². The van der Waals surface area contributed by atoms with Crippen LogP contribution in [-0.2, 0) is 16.8 Å². The standard InChI is InChI=1S/C30H30FNO3/c1-6-34-29(33)26-27(23-14-12-21(16-19(23)2)30(3,4)5)32-25-15-13-22(31)17-24(25)28(26)35-18-20-10-8-7-9-11-20/h7-17H,6,18H2,1-5H3. The van der Waals surface area contributed by atoms with Gasteiger partial charge in [0.25, 0.3) is 0 Å². The van der Waals surface area contributed by atoms with Crippen LogP contribution in [0.1, 0.15) is 54.7 Å². The number of hydrogen-bond acceptors (Lipinski definition) is 4. The van der Waals surface area contributed by atoms with Crippen molar-refractivity contribution in [2.45, 2.75) is 46.6 Å². The Bertz CT molecular complexity index is 1370. The van der Waals surface area contributed by atoms with Crippen LogP contribution in [0.2, 0.25) is 0 Å². The highest BCUT2D eigenvalue weighted by atomic mass is 19.1. The molecule has 0 saturated carbocycles. The number of nitrogens with zero attached hydrogens (tertiary/aromatic N) is 1. The molecule has 0 radical (unpaired) electrons. The molecule has 5 heteroatoms. The molecule has 180 valence electrons. The molecule has 0 fully saturated rings. The molecule has 0 atom stereocenters. The van der Waals surface area contributed by atoms with Gasteiger partial charge in [0, 0.05) is 10.9 Å². The molecule has 0 saturated heterocycles. The average Bonchev–Trinajstić information content (AvgIpc) is 2.82. The first-order chi connectivity index (χ1) is 16.7. The SMILES string of the molecule is CCOC(=O)c1c(-c2ccc(C(C)(C)C)cc2C)nc2ccc(F)cc2c1OCc1ccccc1. The van der Waals surface area contributed by atoms with E-state index in [1.165, 1.54) is 17.7 Å². The molecular formula is C30H30FNO3. The summed E-state index contributed by atoms with van der Waals surface area (Å²) in [5, 5.41) is 0.427. The second-order valence-electron chi connectivity index (χ2n) is 9.60. The smallest absolute Gasteiger partial charge is 0.344 e. The lowest BCUT2D eigenvalue weighted by Gasteiger charge is -2.22. The van der Waals surface area contributed by atoms with Crippen molar-refractivity contribution in [3.05, 3.63) is 94.8 Å². The molecule has 1 aromatic heterocycles. The average molecular weight is 472 g/mol. The van der Waals surface area contributed by atoms with Crippen molar-refractivity contribution in [2.24, 2.45) is 0 Å². The van der Waals surface area contributed by atoms with Gasteiger partial charge in [-0.15, -0.1) is 0 Å². The second-order valence-corrected chi connectivity index (χ2v) is 9.60. The van der Waals surface area contributed by atoms with Crippen LogP contribution in [0.25, 0.3) is 22.2 Å². The largest absolute Gasteiger partial charge is 0.487 e. The molecule has 4 rings (SSSR count). The van der Waals surface area contributed by atoms with Crippen molar-refractivity contribution in [3.8, 4) is 17.0 Å². The fraction of sp³-hybridized carbons (Fsp3) is 0.267. The summed E-state index contributed by atoms with van der Waals surface area (Å²) < 4.78 is 26.0. The first-order valence-electron chi connectivity index (χ1n) is 11.8. The van der Waals surface area contributed by atoms with Gasteiger partial charge < -0.3 is 9.47 Å². The minimum atomic E-state index is -0.552. The monoisotopic (exact) mass is 471 g/mol. The Labute approximate surface area is 205 Å². The Hall–Kier alpha value is -3.73. The van der Waals surface area contributed by atoms with E-state index in [1.807, 2.05) is 43.3 Å². The first kappa shape index (κ1) is 24.4. The molecule has 1 heterocycles. The van der Waals surface area contributed by atoms with Crippen LogP contribution in [-0.4, -0.2) is 17.6 Å². The van der Waals surface area contributed by atoms with Crippen LogP contribution < -0.4 is 4.74 Å². The number of benzene rings is 3. The maximum absolute atomic E-state index is 14.3. The summed E-state index contributed by atoms with van der Waals surface area (Å²) in [6, 6.07) is 20.1. The molecule has 4 nitrogen and oxygen atoms in total. The number of hydrogen-bond donors (Lipinski definition) is 0. The van der Waals surface area contributed by atoms with E-state index in [0.717, 1.165) is 16.7 Å². The molecule has 0 unspecified atom stereocenters. The van der Waals surface area contributed by atoms with Gasteiger partial charge in [-0.3, -0.25) is 0 Å². The van der Waals surface area contributed by atoms with Crippen molar-refractivity contribution in [3.63, 3.8) is 0 Å². The Kier molecular flexibility index (Phi) is 6.88. The highest BCUT2D eigenvalue weighted by molar-refractivity contribution is 6.05. The van der Waals surface area contributed by atoms with Crippen LogP contribution in [0.4, 0.5) is 4.39 Å². The maximum atomic E-state index is 14.3. The van der Waals surface area contributed by atoms with Gasteiger partial charge in [-0.25, -0.2) is 14.2 Å². The molecule has 0 spiro atoms. The summed E-state index contributed by atoms with van der Waals surface area (Å²) in [5.41, 5.74) is 5.07. The lowest BCUT2D eigenvalue weighted by atomic mass is 9.84. The number of rotatable bonds is 6. The molecular weight excluding hydrogens is 441 g/mol. The fourth-order valence-corrected chi connectivity index (χ4v) is 4.07. The zero-order valence-electron chi connectivity index (χ0n) is 20.8. The second kappa shape index (κ2) is 9.87. The molecule has 0 bridgehead atoms. The number of carbonyl (C=O) groups is 1. The summed E-state index contributed by atoms with van der Waals surface area (Å²) in [5.74, 6) is -0.716. The summed E-state index contributed by atoms with van der Waals surface area (Å²) in [4.78, 5) is 18.1. The maximum Gasteiger partial charge on any atom is 0.344 e. The van der Waals surface area contributed by atoms with Crippen LogP contribution in [0, 0.1) is 12.7 Å². The summed E-state index contributed by atoms with van der Waals surface area (Å²) in [7, 11) is 0.